The van der Waals surface area contributed by atoms with Crippen molar-refractivity contribution in [2.45, 2.75) is 55.8 Å². The maximum absolute atomic E-state index is 14.0. The van der Waals surface area contributed by atoms with Crippen LogP contribution >= 0.6 is 11.6 Å². The molecule has 0 unspecified atom stereocenters. The maximum Gasteiger partial charge on any atom is 0.416 e. The Bertz CT molecular complexity index is 1660. The van der Waals surface area contributed by atoms with Gasteiger partial charge in [0.2, 0.25) is 10.0 Å². The lowest BCUT2D eigenvalue weighted by molar-refractivity contribution is -0.137. The molecule has 0 radical (unpaired) electrons. The van der Waals surface area contributed by atoms with Crippen molar-refractivity contribution in [1.29, 1.82) is 0 Å². The van der Waals surface area contributed by atoms with E-state index in [1.807, 2.05) is 0 Å². The summed E-state index contributed by atoms with van der Waals surface area (Å²) in [5, 5.41) is 7.72. The highest BCUT2D eigenvalue weighted by molar-refractivity contribution is 7.89. The first kappa shape index (κ1) is 28.1. The minimum atomic E-state index is -4.84. The fourth-order valence-corrected chi connectivity index (χ4v) is 6.45. The summed E-state index contributed by atoms with van der Waals surface area (Å²) < 4.78 is 79.5. The molecule has 3 heterocycles. The number of fused-ring (bicyclic) bond motifs is 1. The molecule has 212 valence electrons. The number of aromatic nitrogens is 5. The standard InChI is InChI=1S/C25H24ClF3N6O4S/c1-2-39-24(36)22-12-34-11-17(26)9-21(23(34)32-22)15-6-16(25(27,28)29)8-20(7-15)40(37,38)33-18-4-3-5-19(10-18)35-13-30-31-14-35/h6-9,11-14,18-19,33H,2-5,10H2,1H3/t18-,19+/m0/s1. The minimum Gasteiger partial charge on any atom is -0.461 e. The Labute approximate surface area is 232 Å². The van der Waals surface area contributed by atoms with Gasteiger partial charge in [-0.1, -0.05) is 11.6 Å². The Morgan fingerprint density at radius 2 is 1.90 bits per heavy atom. The van der Waals surface area contributed by atoms with E-state index in [4.69, 9.17) is 16.3 Å². The Morgan fingerprint density at radius 3 is 2.60 bits per heavy atom. The normalized spacial score (nSPS) is 18.2. The zero-order valence-corrected chi connectivity index (χ0v) is 22.7. The van der Waals surface area contributed by atoms with Gasteiger partial charge in [-0.25, -0.2) is 22.9 Å². The predicted octanol–water partition coefficient (Wildman–Crippen LogP) is 4.90. The minimum absolute atomic E-state index is 0.0395. The van der Waals surface area contributed by atoms with Gasteiger partial charge in [-0.15, -0.1) is 10.2 Å². The molecule has 3 aromatic heterocycles. The molecule has 1 aromatic carbocycles. The molecule has 1 aliphatic rings. The second-order valence-electron chi connectivity index (χ2n) is 9.44. The van der Waals surface area contributed by atoms with Crippen LogP contribution in [0.15, 0.2) is 54.2 Å². The van der Waals surface area contributed by atoms with Crippen LogP contribution in [0.3, 0.4) is 0 Å². The summed E-state index contributed by atoms with van der Waals surface area (Å²) in [5.41, 5.74) is -1.11. The zero-order chi connectivity index (χ0) is 28.7. The van der Waals surface area contributed by atoms with Crippen molar-refractivity contribution < 1.29 is 31.1 Å². The number of hydrogen-bond donors (Lipinski definition) is 1. The first-order valence-electron chi connectivity index (χ1n) is 12.4. The number of ether oxygens (including phenoxy) is 1. The van der Waals surface area contributed by atoms with Crippen LogP contribution in [0.1, 0.15) is 54.7 Å². The van der Waals surface area contributed by atoms with Gasteiger partial charge in [-0.05, 0) is 62.4 Å². The van der Waals surface area contributed by atoms with Crippen LogP contribution in [0, 0.1) is 0 Å². The second kappa shape index (κ2) is 10.8. The summed E-state index contributed by atoms with van der Waals surface area (Å²) in [5.74, 6) is -0.720. The number of rotatable bonds is 7. The molecule has 40 heavy (non-hydrogen) atoms. The molecule has 15 heteroatoms. The number of halogens is 4. The summed E-state index contributed by atoms with van der Waals surface area (Å²) in [4.78, 5) is 15.9. The van der Waals surface area contributed by atoms with E-state index >= 15 is 0 Å². The van der Waals surface area contributed by atoms with Gasteiger partial charge in [0.25, 0.3) is 0 Å². The number of carbonyl (C=O) groups excluding carboxylic acids is 1. The molecule has 2 atom stereocenters. The number of benzene rings is 1. The van der Waals surface area contributed by atoms with Crippen molar-refractivity contribution in [1.82, 2.24) is 28.9 Å². The topological polar surface area (TPSA) is 120 Å². The molecule has 1 saturated carbocycles. The van der Waals surface area contributed by atoms with E-state index in [9.17, 15) is 26.4 Å². The zero-order valence-electron chi connectivity index (χ0n) is 21.1. The molecule has 5 rings (SSSR count). The molecule has 0 aliphatic heterocycles. The van der Waals surface area contributed by atoms with Crippen molar-refractivity contribution in [3.05, 3.63) is 65.6 Å². The second-order valence-corrected chi connectivity index (χ2v) is 11.6. The van der Waals surface area contributed by atoms with Gasteiger partial charge in [0.1, 0.15) is 18.3 Å². The largest absolute Gasteiger partial charge is 0.461 e. The molecule has 1 fully saturated rings. The lowest BCUT2D eigenvalue weighted by Crippen LogP contribution is -2.38. The number of nitrogens with zero attached hydrogens (tertiary/aromatic N) is 5. The van der Waals surface area contributed by atoms with E-state index in [1.54, 1.807) is 24.1 Å². The lowest BCUT2D eigenvalue weighted by atomic mass is 9.91. The number of alkyl halides is 3. The van der Waals surface area contributed by atoms with E-state index < -0.39 is 38.7 Å². The highest BCUT2D eigenvalue weighted by atomic mass is 35.5. The molecular formula is C25H24ClF3N6O4S. The molecule has 10 nitrogen and oxygen atoms in total. The smallest absolute Gasteiger partial charge is 0.416 e. The van der Waals surface area contributed by atoms with E-state index in [2.05, 4.69) is 19.9 Å². The van der Waals surface area contributed by atoms with Crippen LogP contribution in [0.5, 0.6) is 0 Å². The molecular weight excluding hydrogens is 573 g/mol. The van der Waals surface area contributed by atoms with Gasteiger partial charge in [-0.2, -0.15) is 13.2 Å². The molecule has 0 bridgehead atoms. The van der Waals surface area contributed by atoms with E-state index in [0.717, 1.165) is 18.6 Å². The number of carbonyl (C=O) groups is 1. The van der Waals surface area contributed by atoms with Gasteiger partial charge in [0, 0.05) is 30.0 Å². The van der Waals surface area contributed by atoms with Crippen LogP contribution in [-0.2, 0) is 20.9 Å². The van der Waals surface area contributed by atoms with Crippen LogP contribution in [-0.4, -0.2) is 51.2 Å². The quantitative estimate of drug-likeness (QED) is 0.301. The molecule has 0 spiro atoms. The van der Waals surface area contributed by atoms with Crippen molar-refractivity contribution in [3.63, 3.8) is 0 Å². The summed E-state index contributed by atoms with van der Waals surface area (Å²) >= 11 is 6.24. The van der Waals surface area contributed by atoms with E-state index in [0.29, 0.717) is 25.3 Å². The number of sulfonamides is 1. The van der Waals surface area contributed by atoms with Gasteiger partial charge in [0.05, 0.1) is 22.1 Å². The Morgan fingerprint density at radius 1 is 1.15 bits per heavy atom. The average molecular weight is 597 g/mol. The van der Waals surface area contributed by atoms with Gasteiger partial charge in [-0.3, -0.25) is 0 Å². The third-order valence-corrected chi connectivity index (χ3v) is 8.39. The van der Waals surface area contributed by atoms with Crippen molar-refractivity contribution >= 4 is 33.2 Å². The predicted molar refractivity (Wildman–Crippen MR) is 138 cm³/mol. The van der Waals surface area contributed by atoms with Crippen molar-refractivity contribution in [2.24, 2.45) is 0 Å². The fourth-order valence-electron chi connectivity index (χ4n) is 4.88. The molecule has 1 N–H and O–H groups in total. The number of imidazole rings is 1. The summed E-state index contributed by atoms with van der Waals surface area (Å²) in [6, 6.07) is 3.39. The van der Waals surface area contributed by atoms with Crippen LogP contribution < -0.4 is 4.72 Å². The third-order valence-electron chi connectivity index (χ3n) is 6.68. The molecule has 1 aliphatic carbocycles. The van der Waals surface area contributed by atoms with Crippen molar-refractivity contribution in [2.75, 3.05) is 6.61 Å². The number of esters is 1. The first-order valence-corrected chi connectivity index (χ1v) is 14.2. The Balaban J connectivity index is 1.55. The van der Waals surface area contributed by atoms with Gasteiger partial charge in [0.15, 0.2) is 5.69 Å². The Kier molecular flexibility index (Phi) is 7.59. The van der Waals surface area contributed by atoms with Crippen LogP contribution in [0.25, 0.3) is 16.8 Å². The Hall–Kier alpha value is -3.49. The SMILES string of the molecule is CCOC(=O)c1cn2cc(Cl)cc(-c3cc(C(F)(F)F)cc(S(=O)(=O)N[C@H]4CCC[C@@H](n5cnnc5)C4)c3)c2n1. The van der Waals surface area contributed by atoms with Crippen LogP contribution in [0.4, 0.5) is 13.2 Å². The molecule has 0 amide bonds. The summed E-state index contributed by atoms with van der Waals surface area (Å²) in [7, 11) is -4.37. The number of pyridine rings is 1. The average Bonchev–Trinajstić information content (AvgIpc) is 3.58. The van der Waals surface area contributed by atoms with Gasteiger partial charge < -0.3 is 13.7 Å². The van der Waals surface area contributed by atoms with Gasteiger partial charge >= 0.3 is 12.1 Å². The molecule has 4 aromatic rings. The highest BCUT2D eigenvalue weighted by Gasteiger charge is 2.34. The van der Waals surface area contributed by atoms with Crippen LogP contribution in [0.2, 0.25) is 5.02 Å². The number of hydrogen-bond acceptors (Lipinski definition) is 7. The summed E-state index contributed by atoms with van der Waals surface area (Å²) in [6.07, 6.45) is 3.50. The van der Waals surface area contributed by atoms with E-state index in [-0.39, 0.29) is 40.1 Å². The summed E-state index contributed by atoms with van der Waals surface area (Å²) in [6.45, 7) is 1.72. The first-order chi connectivity index (χ1) is 18.9. The molecule has 0 saturated heterocycles. The van der Waals surface area contributed by atoms with E-state index in [1.165, 1.54) is 22.9 Å². The fraction of sp³-hybridized carbons (Fsp3) is 0.360. The monoisotopic (exact) mass is 596 g/mol. The number of nitrogens with one attached hydrogen (secondary N) is 1. The van der Waals surface area contributed by atoms with Crippen molar-refractivity contribution in [3.8, 4) is 11.1 Å². The maximum atomic E-state index is 14.0. The highest BCUT2D eigenvalue weighted by Crippen LogP contribution is 2.37. The third kappa shape index (κ3) is 5.83. The lowest BCUT2D eigenvalue weighted by Gasteiger charge is -2.30.